The largest absolute Gasteiger partial charge is 0.309 e. The summed E-state index contributed by atoms with van der Waals surface area (Å²) in [5, 5.41) is 4.75. The van der Waals surface area contributed by atoms with Gasteiger partial charge in [0.2, 0.25) is 0 Å². The van der Waals surface area contributed by atoms with Crippen LogP contribution in [0.3, 0.4) is 0 Å². The molecular weight excluding hydrogens is 843 g/mol. The van der Waals surface area contributed by atoms with Gasteiger partial charge in [0.05, 0.1) is 67.8 Å². The van der Waals surface area contributed by atoms with Crippen LogP contribution in [0.4, 0.5) is 0 Å². The second-order valence-electron chi connectivity index (χ2n) is 17.5. The van der Waals surface area contributed by atoms with E-state index in [0.717, 1.165) is 106 Å². The van der Waals surface area contributed by atoms with Gasteiger partial charge in [-0.1, -0.05) is 127 Å². The smallest absolute Gasteiger partial charge is 0.115 e. The molecule has 0 aliphatic rings. The summed E-state index contributed by atoms with van der Waals surface area (Å²) in [6.07, 6.45) is 5.69. The van der Waals surface area contributed by atoms with Gasteiger partial charge in [-0.2, -0.15) is 0 Å². The lowest BCUT2D eigenvalue weighted by atomic mass is 10.0. The van der Waals surface area contributed by atoms with Crippen LogP contribution in [0.25, 0.3) is 128 Å². The molecule has 14 rings (SSSR count). The summed E-state index contributed by atoms with van der Waals surface area (Å²) < 4.78 is 6.95. The maximum Gasteiger partial charge on any atom is 0.115 e. The van der Waals surface area contributed by atoms with Gasteiger partial charge in [0.1, 0.15) is 11.0 Å². The molecule has 0 fully saturated rings. The van der Waals surface area contributed by atoms with Crippen molar-refractivity contribution in [2.75, 3.05) is 0 Å². The van der Waals surface area contributed by atoms with Gasteiger partial charge in [0.15, 0.2) is 0 Å². The topological polar surface area (TPSA) is 66.3 Å². The number of benzene rings is 7. The first-order valence-electron chi connectivity index (χ1n) is 23.2. The number of para-hydroxylation sites is 3. The Bertz CT molecular complexity index is 4240. The van der Waals surface area contributed by atoms with Crippen LogP contribution in [0.2, 0.25) is 0 Å². The second kappa shape index (κ2) is 15.6. The SMILES string of the molecule is c1ccc(-c2cc(-n3c4ccccc4c4cc(-c5ccc6c(c5)c5ccccc5n6-c5cncc(-c6ccc7c(n6)c6ncccc6n7-c6ccccc6)c5)ccc43)cc(-c3ccccc3)n2)cc1. The molecule has 0 aliphatic carbocycles. The van der Waals surface area contributed by atoms with Crippen molar-refractivity contribution in [2.24, 2.45) is 0 Å². The predicted molar refractivity (Wildman–Crippen MR) is 282 cm³/mol. The molecule has 0 unspecified atom stereocenters. The highest BCUT2D eigenvalue weighted by atomic mass is 15.0. The quantitative estimate of drug-likeness (QED) is 0.160. The van der Waals surface area contributed by atoms with E-state index in [2.05, 4.69) is 208 Å². The minimum absolute atomic E-state index is 0.839. The Morgan fingerprint density at radius 3 is 1.42 bits per heavy atom. The molecule has 0 amide bonds. The highest BCUT2D eigenvalue weighted by molar-refractivity contribution is 6.13. The molecule has 0 bridgehead atoms. The average molecular weight is 882 g/mol. The van der Waals surface area contributed by atoms with Crippen LogP contribution in [0.1, 0.15) is 0 Å². The van der Waals surface area contributed by atoms with Crippen LogP contribution < -0.4 is 0 Å². The fraction of sp³-hybridized carbons (Fsp3) is 0. The number of nitrogens with zero attached hydrogens (tertiary/aromatic N) is 7. The zero-order valence-corrected chi connectivity index (χ0v) is 37.1. The van der Waals surface area contributed by atoms with Crippen LogP contribution in [0, 0.1) is 0 Å². The Kier molecular flexibility index (Phi) is 8.75. The molecule has 14 aromatic rings. The van der Waals surface area contributed by atoms with E-state index < -0.39 is 0 Å². The Morgan fingerprint density at radius 1 is 0.275 bits per heavy atom. The van der Waals surface area contributed by atoms with Crippen LogP contribution >= 0.6 is 0 Å². The monoisotopic (exact) mass is 881 g/mol. The lowest BCUT2D eigenvalue weighted by molar-refractivity contribution is 1.14. The fourth-order valence-electron chi connectivity index (χ4n) is 10.4. The second-order valence-corrected chi connectivity index (χ2v) is 17.5. The van der Waals surface area contributed by atoms with E-state index in [1.54, 1.807) is 0 Å². The summed E-state index contributed by atoms with van der Waals surface area (Å²) in [4.78, 5) is 20.1. The summed E-state index contributed by atoms with van der Waals surface area (Å²) in [6, 6.07) is 77.4. The summed E-state index contributed by atoms with van der Waals surface area (Å²) in [6.45, 7) is 0. The molecule has 0 saturated carbocycles. The first kappa shape index (κ1) is 38.8. The van der Waals surface area contributed by atoms with Gasteiger partial charge < -0.3 is 13.7 Å². The highest BCUT2D eigenvalue weighted by Crippen LogP contribution is 2.40. The lowest BCUT2D eigenvalue weighted by Crippen LogP contribution is -1.98. The molecular formula is C62H39N7. The minimum Gasteiger partial charge on any atom is -0.309 e. The van der Waals surface area contributed by atoms with Crippen molar-refractivity contribution in [2.45, 2.75) is 0 Å². The van der Waals surface area contributed by atoms with Crippen LogP contribution in [-0.2, 0) is 0 Å². The van der Waals surface area contributed by atoms with Gasteiger partial charge in [0, 0.05) is 56.3 Å². The van der Waals surface area contributed by atoms with Crippen LogP contribution in [0.15, 0.2) is 237 Å². The molecule has 7 aromatic heterocycles. The molecule has 7 nitrogen and oxygen atoms in total. The molecule has 0 atom stereocenters. The Hall–Kier alpha value is -9.46. The van der Waals surface area contributed by atoms with Gasteiger partial charge in [-0.15, -0.1) is 0 Å². The number of fused-ring (bicyclic) bond motifs is 9. The maximum absolute atomic E-state index is 5.27. The number of hydrogen-bond donors (Lipinski definition) is 0. The van der Waals surface area contributed by atoms with Crippen LogP contribution in [0.5, 0.6) is 0 Å². The van der Waals surface area contributed by atoms with E-state index in [9.17, 15) is 0 Å². The third-order valence-electron chi connectivity index (χ3n) is 13.5. The number of aromatic nitrogens is 7. The van der Waals surface area contributed by atoms with E-state index >= 15 is 0 Å². The molecule has 0 spiro atoms. The van der Waals surface area contributed by atoms with E-state index in [4.69, 9.17) is 19.9 Å². The van der Waals surface area contributed by atoms with E-state index in [1.807, 2.05) is 42.9 Å². The Labute approximate surface area is 396 Å². The zero-order chi connectivity index (χ0) is 45.4. The number of pyridine rings is 4. The summed E-state index contributed by atoms with van der Waals surface area (Å²) >= 11 is 0. The lowest BCUT2D eigenvalue weighted by Gasteiger charge is -2.13. The molecule has 7 heterocycles. The van der Waals surface area contributed by atoms with Gasteiger partial charge in [0.25, 0.3) is 0 Å². The molecule has 0 N–H and O–H groups in total. The molecule has 7 heteroatoms. The highest BCUT2D eigenvalue weighted by Gasteiger charge is 2.20. The van der Waals surface area contributed by atoms with Crippen molar-refractivity contribution < 1.29 is 0 Å². The molecule has 322 valence electrons. The first-order valence-corrected chi connectivity index (χ1v) is 23.2. The minimum atomic E-state index is 0.839. The average Bonchev–Trinajstić information content (AvgIpc) is 4.06. The standard InChI is InChI=1S/C62H39N7/c1-4-15-40(16-5-1)53-36-46(37-54(65-53)41-17-6-2-7-18-41)68-55-23-12-10-21-48(55)50-34-42(26-29-57(50)68)43-27-30-58-51(35-43)49-22-11-13-24-56(49)69(58)47-33-44(38-63-39-47)52-28-31-60-62(66-52)61-59(25-14-32-64-61)67(60)45-19-8-3-9-20-45/h1-39H. The van der Waals surface area contributed by atoms with Gasteiger partial charge in [-0.3, -0.25) is 9.97 Å². The van der Waals surface area contributed by atoms with Crippen LogP contribution in [-0.4, -0.2) is 33.6 Å². The van der Waals surface area contributed by atoms with Gasteiger partial charge >= 0.3 is 0 Å². The first-order chi connectivity index (χ1) is 34.2. The predicted octanol–water partition coefficient (Wildman–Crippen LogP) is 15.2. The third kappa shape index (κ3) is 6.29. The van der Waals surface area contributed by atoms with Crippen molar-refractivity contribution >= 4 is 65.7 Å². The Morgan fingerprint density at radius 2 is 0.783 bits per heavy atom. The van der Waals surface area contributed by atoms with Crippen molar-refractivity contribution in [1.82, 2.24) is 33.6 Å². The number of hydrogen-bond acceptors (Lipinski definition) is 4. The molecule has 69 heavy (non-hydrogen) atoms. The molecule has 7 aromatic carbocycles. The zero-order valence-electron chi connectivity index (χ0n) is 37.1. The van der Waals surface area contributed by atoms with Crippen molar-refractivity contribution in [3.63, 3.8) is 0 Å². The summed E-state index contributed by atoms with van der Waals surface area (Å²) in [5.74, 6) is 0. The van der Waals surface area contributed by atoms with E-state index in [0.29, 0.717) is 0 Å². The molecule has 0 saturated heterocycles. The van der Waals surface area contributed by atoms with E-state index in [1.165, 1.54) is 21.5 Å². The van der Waals surface area contributed by atoms with Gasteiger partial charge in [-0.05, 0) is 102 Å². The third-order valence-corrected chi connectivity index (χ3v) is 13.5. The maximum atomic E-state index is 5.27. The summed E-state index contributed by atoms with van der Waals surface area (Å²) in [7, 11) is 0. The number of rotatable bonds is 7. The Balaban J connectivity index is 0.881. The van der Waals surface area contributed by atoms with Crippen molar-refractivity contribution in [3.05, 3.63) is 237 Å². The summed E-state index contributed by atoms with van der Waals surface area (Å²) in [5.41, 5.74) is 19.5. The molecule has 0 radical (unpaired) electrons. The normalized spacial score (nSPS) is 11.8. The van der Waals surface area contributed by atoms with Gasteiger partial charge in [-0.25, -0.2) is 9.97 Å². The van der Waals surface area contributed by atoms with Crippen molar-refractivity contribution in [1.29, 1.82) is 0 Å². The van der Waals surface area contributed by atoms with E-state index in [-0.39, 0.29) is 0 Å². The molecule has 0 aliphatic heterocycles. The van der Waals surface area contributed by atoms with Crippen molar-refractivity contribution in [3.8, 4) is 62.0 Å². The fourth-order valence-corrected chi connectivity index (χ4v) is 10.4.